The van der Waals surface area contributed by atoms with Crippen LogP contribution >= 0.6 is 0 Å². The minimum Gasteiger partial charge on any atom is -0.325 e. The highest BCUT2D eigenvalue weighted by Crippen LogP contribution is 2.30. The Kier molecular flexibility index (Phi) is 2.35. The summed E-state index contributed by atoms with van der Waals surface area (Å²) >= 11 is 0. The standard InChI is InChI=1S/C11H19N3/c1-11(2,12)7-10-5-6-13-14(10)8-9-3-4-9/h5-6,9H,3-4,7-8,12H2,1-2H3. The minimum absolute atomic E-state index is 0.138. The van der Waals surface area contributed by atoms with E-state index in [1.54, 1.807) is 0 Å². The van der Waals surface area contributed by atoms with Gasteiger partial charge in [-0.15, -0.1) is 0 Å². The molecule has 1 heterocycles. The summed E-state index contributed by atoms with van der Waals surface area (Å²) in [6.45, 7) is 5.20. The first kappa shape index (κ1) is 9.71. The van der Waals surface area contributed by atoms with Crippen molar-refractivity contribution in [3.8, 4) is 0 Å². The molecule has 1 aliphatic rings. The summed E-state index contributed by atoms with van der Waals surface area (Å²) in [5.74, 6) is 0.870. The van der Waals surface area contributed by atoms with Crippen molar-refractivity contribution in [3.05, 3.63) is 18.0 Å². The third-order valence-corrected chi connectivity index (χ3v) is 2.57. The number of hydrogen-bond donors (Lipinski definition) is 1. The van der Waals surface area contributed by atoms with Crippen LogP contribution in [0.5, 0.6) is 0 Å². The lowest BCUT2D eigenvalue weighted by atomic mass is 10.0. The van der Waals surface area contributed by atoms with Gasteiger partial charge >= 0.3 is 0 Å². The van der Waals surface area contributed by atoms with E-state index in [1.165, 1.54) is 18.5 Å². The molecule has 0 spiro atoms. The van der Waals surface area contributed by atoms with Gasteiger partial charge in [-0.2, -0.15) is 5.10 Å². The number of nitrogens with zero attached hydrogens (tertiary/aromatic N) is 2. The lowest BCUT2D eigenvalue weighted by molar-refractivity contribution is 0.468. The summed E-state index contributed by atoms with van der Waals surface area (Å²) in [6.07, 6.45) is 5.51. The van der Waals surface area contributed by atoms with Gasteiger partial charge in [-0.1, -0.05) is 0 Å². The maximum atomic E-state index is 6.00. The Labute approximate surface area is 85.3 Å². The molecule has 1 aliphatic carbocycles. The van der Waals surface area contributed by atoms with Gasteiger partial charge in [0.2, 0.25) is 0 Å². The van der Waals surface area contributed by atoms with Crippen LogP contribution in [-0.2, 0) is 13.0 Å². The van der Waals surface area contributed by atoms with Crippen LogP contribution in [0, 0.1) is 5.92 Å². The lowest BCUT2D eigenvalue weighted by Gasteiger charge is -2.18. The van der Waals surface area contributed by atoms with E-state index in [9.17, 15) is 0 Å². The van der Waals surface area contributed by atoms with Crippen molar-refractivity contribution >= 4 is 0 Å². The molecule has 1 saturated carbocycles. The molecule has 0 aliphatic heterocycles. The molecule has 0 unspecified atom stereocenters. The average Bonchev–Trinajstić information content (AvgIpc) is 2.74. The normalized spacial score (nSPS) is 17.4. The molecular formula is C11H19N3. The van der Waals surface area contributed by atoms with E-state index in [4.69, 9.17) is 5.73 Å². The van der Waals surface area contributed by atoms with Crippen LogP contribution < -0.4 is 5.73 Å². The zero-order valence-electron chi connectivity index (χ0n) is 9.03. The van der Waals surface area contributed by atoms with Gasteiger partial charge in [0.05, 0.1) is 0 Å². The SMILES string of the molecule is CC(C)(N)Cc1ccnn1CC1CC1. The van der Waals surface area contributed by atoms with E-state index in [2.05, 4.69) is 29.7 Å². The monoisotopic (exact) mass is 193 g/mol. The quantitative estimate of drug-likeness (QED) is 0.789. The van der Waals surface area contributed by atoms with Gasteiger partial charge in [0, 0.05) is 30.4 Å². The van der Waals surface area contributed by atoms with Crippen molar-refractivity contribution in [1.82, 2.24) is 9.78 Å². The largest absolute Gasteiger partial charge is 0.325 e. The molecule has 1 aromatic heterocycles. The molecule has 1 fully saturated rings. The highest BCUT2D eigenvalue weighted by Gasteiger charge is 2.23. The Bertz CT molecular complexity index is 305. The molecule has 0 bridgehead atoms. The van der Waals surface area contributed by atoms with Crippen LogP contribution in [0.25, 0.3) is 0 Å². The van der Waals surface area contributed by atoms with Crippen molar-refractivity contribution in [2.45, 2.75) is 45.2 Å². The summed E-state index contributed by atoms with van der Waals surface area (Å²) in [7, 11) is 0. The topological polar surface area (TPSA) is 43.8 Å². The summed E-state index contributed by atoms with van der Waals surface area (Å²) in [5.41, 5.74) is 7.13. The van der Waals surface area contributed by atoms with Crippen molar-refractivity contribution in [3.63, 3.8) is 0 Å². The van der Waals surface area contributed by atoms with Crippen LogP contribution in [0.15, 0.2) is 12.3 Å². The second-order valence-corrected chi connectivity index (χ2v) is 5.11. The number of aromatic nitrogens is 2. The smallest absolute Gasteiger partial charge is 0.0492 e. The van der Waals surface area contributed by atoms with E-state index in [0.717, 1.165) is 18.9 Å². The highest BCUT2D eigenvalue weighted by atomic mass is 15.3. The van der Waals surface area contributed by atoms with Crippen LogP contribution in [0.3, 0.4) is 0 Å². The zero-order valence-corrected chi connectivity index (χ0v) is 9.03. The Morgan fingerprint density at radius 1 is 1.57 bits per heavy atom. The number of rotatable bonds is 4. The molecule has 0 amide bonds. The maximum Gasteiger partial charge on any atom is 0.0492 e. The molecule has 14 heavy (non-hydrogen) atoms. The van der Waals surface area contributed by atoms with Gasteiger partial charge in [-0.3, -0.25) is 4.68 Å². The van der Waals surface area contributed by atoms with Crippen LogP contribution in [0.1, 0.15) is 32.4 Å². The Balaban J connectivity index is 2.04. The summed E-state index contributed by atoms with van der Waals surface area (Å²) in [4.78, 5) is 0. The minimum atomic E-state index is -0.138. The predicted molar refractivity (Wildman–Crippen MR) is 56.9 cm³/mol. The molecule has 0 aromatic carbocycles. The summed E-state index contributed by atoms with van der Waals surface area (Å²) < 4.78 is 2.12. The lowest BCUT2D eigenvalue weighted by Crippen LogP contribution is -2.35. The third kappa shape index (κ3) is 2.58. The fourth-order valence-corrected chi connectivity index (χ4v) is 1.69. The molecule has 3 heteroatoms. The second kappa shape index (κ2) is 3.39. The predicted octanol–water partition coefficient (Wildman–Crippen LogP) is 1.57. The molecule has 0 atom stereocenters. The third-order valence-electron chi connectivity index (χ3n) is 2.57. The van der Waals surface area contributed by atoms with Crippen molar-refractivity contribution < 1.29 is 0 Å². The van der Waals surface area contributed by atoms with Gasteiger partial charge in [0.25, 0.3) is 0 Å². The maximum absolute atomic E-state index is 6.00. The molecule has 1 aromatic rings. The molecule has 0 radical (unpaired) electrons. The van der Waals surface area contributed by atoms with Crippen molar-refractivity contribution in [1.29, 1.82) is 0 Å². The number of nitrogens with two attached hydrogens (primary N) is 1. The molecule has 2 N–H and O–H groups in total. The summed E-state index contributed by atoms with van der Waals surface area (Å²) in [5, 5.41) is 4.34. The van der Waals surface area contributed by atoms with Crippen LogP contribution in [0.4, 0.5) is 0 Å². The van der Waals surface area contributed by atoms with Crippen LogP contribution in [0.2, 0.25) is 0 Å². The van der Waals surface area contributed by atoms with Gasteiger partial charge in [-0.25, -0.2) is 0 Å². The van der Waals surface area contributed by atoms with E-state index in [0.29, 0.717) is 0 Å². The van der Waals surface area contributed by atoms with Gasteiger partial charge in [0.15, 0.2) is 0 Å². The average molecular weight is 193 g/mol. The molecule has 3 nitrogen and oxygen atoms in total. The van der Waals surface area contributed by atoms with E-state index in [-0.39, 0.29) is 5.54 Å². The van der Waals surface area contributed by atoms with Gasteiger partial charge in [0.1, 0.15) is 0 Å². The van der Waals surface area contributed by atoms with E-state index >= 15 is 0 Å². The fourth-order valence-electron chi connectivity index (χ4n) is 1.69. The van der Waals surface area contributed by atoms with Crippen molar-refractivity contribution in [2.75, 3.05) is 0 Å². The Morgan fingerprint density at radius 3 is 2.86 bits per heavy atom. The molecule has 2 rings (SSSR count). The zero-order chi connectivity index (χ0) is 10.2. The first-order valence-corrected chi connectivity index (χ1v) is 5.34. The first-order chi connectivity index (χ1) is 6.54. The van der Waals surface area contributed by atoms with Gasteiger partial charge in [-0.05, 0) is 38.7 Å². The van der Waals surface area contributed by atoms with E-state index in [1.807, 2.05) is 6.20 Å². The highest BCUT2D eigenvalue weighted by molar-refractivity contribution is 5.05. The fraction of sp³-hybridized carbons (Fsp3) is 0.727. The summed E-state index contributed by atoms with van der Waals surface area (Å²) in [6, 6.07) is 2.08. The second-order valence-electron chi connectivity index (χ2n) is 5.11. The Morgan fingerprint density at radius 2 is 2.29 bits per heavy atom. The van der Waals surface area contributed by atoms with Gasteiger partial charge < -0.3 is 5.73 Å². The first-order valence-electron chi connectivity index (χ1n) is 5.34. The molecule has 0 saturated heterocycles. The molecule has 78 valence electrons. The van der Waals surface area contributed by atoms with Crippen LogP contribution in [-0.4, -0.2) is 15.3 Å². The Hall–Kier alpha value is -0.830. The number of hydrogen-bond acceptors (Lipinski definition) is 2. The van der Waals surface area contributed by atoms with E-state index < -0.39 is 0 Å². The molecular weight excluding hydrogens is 174 g/mol. The van der Waals surface area contributed by atoms with Crippen molar-refractivity contribution in [2.24, 2.45) is 11.7 Å².